The van der Waals surface area contributed by atoms with E-state index in [-0.39, 0.29) is 36.3 Å². The molecule has 5 nitrogen and oxygen atoms in total. The summed E-state index contributed by atoms with van der Waals surface area (Å²) in [4.78, 5) is 22.4. The molecule has 0 aliphatic carbocycles. The number of esters is 1. The lowest BCUT2D eigenvalue weighted by atomic mass is 10.1. The van der Waals surface area contributed by atoms with Crippen molar-refractivity contribution in [1.82, 2.24) is 5.32 Å². The number of ether oxygens (including phenoxy) is 1. The molecule has 0 fully saturated rings. The molecule has 0 aliphatic heterocycles. The number of aromatic hydroxyl groups is 1. The zero-order chi connectivity index (χ0) is 13.5. The fraction of sp³-hybridized carbons (Fsp3) is 0.333. The number of phenols is 1. The third-order valence-corrected chi connectivity index (χ3v) is 2.41. The van der Waals surface area contributed by atoms with Crippen LogP contribution in [0, 0.1) is 0 Å². The first-order valence-electron chi connectivity index (χ1n) is 5.40. The van der Waals surface area contributed by atoms with Gasteiger partial charge in [0.05, 0.1) is 6.61 Å². The Kier molecular flexibility index (Phi) is 5.45. The Labute approximate surface area is 110 Å². The van der Waals surface area contributed by atoms with Crippen molar-refractivity contribution >= 4 is 23.5 Å². The van der Waals surface area contributed by atoms with Crippen LogP contribution in [0.5, 0.6) is 5.75 Å². The van der Waals surface area contributed by atoms with Crippen LogP contribution in [0.4, 0.5) is 0 Å². The molecule has 0 bridgehead atoms. The van der Waals surface area contributed by atoms with Crippen LogP contribution in [0.3, 0.4) is 0 Å². The second kappa shape index (κ2) is 6.86. The quantitative estimate of drug-likeness (QED) is 0.627. The molecule has 0 atom stereocenters. The number of amides is 1. The fourth-order valence-electron chi connectivity index (χ4n) is 1.32. The molecule has 1 rings (SSSR count). The van der Waals surface area contributed by atoms with Gasteiger partial charge in [0.1, 0.15) is 17.2 Å². The van der Waals surface area contributed by atoms with Crippen molar-refractivity contribution in [3.05, 3.63) is 29.3 Å². The maximum atomic E-state index is 11.4. The maximum Gasteiger partial charge on any atom is 0.341 e. The van der Waals surface area contributed by atoms with E-state index in [2.05, 4.69) is 5.32 Å². The molecule has 0 heterocycles. The normalized spacial score (nSPS) is 9.89. The molecule has 0 saturated heterocycles. The second-order valence-electron chi connectivity index (χ2n) is 3.48. The molecule has 0 radical (unpaired) electrons. The van der Waals surface area contributed by atoms with Gasteiger partial charge in [0.25, 0.3) is 0 Å². The first-order chi connectivity index (χ1) is 8.58. The monoisotopic (exact) mass is 271 g/mol. The number of benzene rings is 1. The summed E-state index contributed by atoms with van der Waals surface area (Å²) in [5.74, 6) is -1.17. The van der Waals surface area contributed by atoms with Crippen molar-refractivity contribution in [2.75, 3.05) is 12.5 Å². The van der Waals surface area contributed by atoms with Crippen LogP contribution >= 0.6 is 11.6 Å². The number of phenolic OH excluding ortho intramolecular Hbond substituents is 1. The summed E-state index contributed by atoms with van der Waals surface area (Å²) in [6.45, 7) is 2.17. The molecule has 98 valence electrons. The third kappa shape index (κ3) is 3.92. The largest absolute Gasteiger partial charge is 0.507 e. The van der Waals surface area contributed by atoms with Crippen LogP contribution in [0.15, 0.2) is 18.2 Å². The Morgan fingerprint density at radius 2 is 2.17 bits per heavy atom. The van der Waals surface area contributed by atoms with Crippen LogP contribution in [-0.4, -0.2) is 29.5 Å². The van der Waals surface area contributed by atoms with Gasteiger partial charge in [-0.3, -0.25) is 4.79 Å². The highest BCUT2D eigenvalue weighted by molar-refractivity contribution is 6.27. The Morgan fingerprint density at radius 1 is 1.44 bits per heavy atom. The van der Waals surface area contributed by atoms with Gasteiger partial charge in [-0.1, -0.05) is 6.07 Å². The minimum atomic E-state index is -0.577. The number of hydrogen-bond acceptors (Lipinski definition) is 4. The maximum absolute atomic E-state index is 11.4. The Hall–Kier alpha value is -1.75. The number of rotatable bonds is 5. The molecule has 18 heavy (non-hydrogen) atoms. The molecule has 1 amide bonds. The first kappa shape index (κ1) is 14.3. The summed E-state index contributed by atoms with van der Waals surface area (Å²) in [6.07, 6.45) is 0. The summed E-state index contributed by atoms with van der Waals surface area (Å²) in [5, 5.41) is 12.2. The lowest BCUT2D eigenvalue weighted by Gasteiger charge is -2.07. The zero-order valence-corrected chi connectivity index (χ0v) is 10.7. The van der Waals surface area contributed by atoms with Gasteiger partial charge in [-0.05, 0) is 24.6 Å². The highest BCUT2D eigenvalue weighted by Gasteiger charge is 2.12. The van der Waals surface area contributed by atoms with Crippen LogP contribution in [0.2, 0.25) is 0 Å². The highest BCUT2D eigenvalue weighted by Crippen LogP contribution is 2.19. The average molecular weight is 272 g/mol. The summed E-state index contributed by atoms with van der Waals surface area (Å²) in [5.41, 5.74) is 0.767. The van der Waals surface area contributed by atoms with E-state index in [0.717, 1.165) is 0 Å². The minimum Gasteiger partial charge on any atom is -0.507 e. The van der Waals surface area contributed by atoms with Crippen molar-refractivity contribution < 1.29 is 19.4 Å². The smallest absolute Gasteiger partial charge is 0.341 e. The number of halogens is 1. The molecule has 2 N–H and O–H groups in total. The van der Waals surface area contributed by atoms with Gasteiger partial charge in [-0.25, -0.2) is 4.79 Å². The summed E-state index contributed by atoms with van der Waals surface area (Å²) in [7, 11) is 0. The van der Waals surface area contributed by atoms with Gasteiger partial charge in [-0.15, -0.1) is 11.6 Å². The van der Waals surface area contributed by atoms with Gasteiger partial charge >= 0.3 is 5.97 Å². The zero-order valence-electron chi connectivity index (χ0n) is 9.90. The fourth-order valence-corrected chi connectivity index (χ4v) is 1.41. The number of nitrogens with one attached hydrogen (secondary N) is 1. The molecule has 0 spiro atoms. The number of hydrogen-bond donors (Lipinski definition) is 2. The molecule has 0 aromatic heterocycles. The van der Waals surface area contributed by atoms with E-state index in [1.54, 1.807) is 13.0 Å². The minimum absolute atomic E-state index is 0.101. The van der Waals surface area contributed by atoms with Crippen LogP contribution in [0.1, 0.15) is 22.8 Å². The average Bonchev–Trinajstić information content (AvgIpc) is 2.36. The van der Waals surface area contributed by atoms with E-state index in [1.807, 2.05) is 0 Å². The molecule has 1 aromatic rings. The van der Waals surface area contributed by atoms with Gasteiger partial charge in [0.2, 0.25) is 5.91 Å². The SMILES string of the molecule is CCOC(=O)c1ccc(CNC(=O)CCl)cc1O. The van der Waals surface area contributed by atoms with Crippen molar-refractivity contribution in [3.63, 3.8) is 0 Å². The summed E-state index contributed by atoms with van der Waals surface area (Å²) >= 11 is 5.33. The molecule has 1 aromatic carbocycles. The third-order valence-electron chi connectivity index (χ3n) is 2.17. The summed E-state index contributed by atoms with van der Waals surface area (Å²) in [6, 6.07) is 4.48. The predicted octanol–water partition coefficient (Wildman–Crippen LogP) is 1.42. The second-order valence-corrected chi connectivity index (χ2v) is 3.75. The Morgan fingerprint density at radius 3 is 2.72 bits per heavy atom. The molecule has 0 saturated carbocycles. The van der Waals surface area contributed by atoms with Crippen molar-refractivity contribution in [1.29, 1.82) is 0 Å². The van der Waals surface area contributed by atoms with Gasteiger partial charge in [0, 0.05) is 6.54 Å². The lowest BCUT2D eigenvalue weighted by molar-refractivity contribution is -0.118. The number of alkyl halides is 1. The lowest BCUT2D eigenvalue weighted by Crippen LogP contribution is -2.23. The predicted molar refractivity (Wildman–Crippen MR) is 66.6 cm³/mol. The Bertz CT molecular complexity index is 448. The first-order valence-corrected chi connectivity index (χ1v) is 5.93. The molecule has 6 heteroatoms. The number of carbonyl (C=O) groups excluding carboxylic acids is 2. The van der Waals surface area contributed by atoms with Gasteiger partial charge in [-0.2, -0.15) is 0 Å². The highest BCUT2D eigenvalue weighted by atomic mass is 35.5. The molecular weight excluding hydrogens is 258 g/mol. The Balaban J connectivity index is 2.73. The molecule has 0 aliphatic rings. The van der Waals surface area contributed by atoms with E-state index in [9.17, 15) is 14.7 Å². The summed E-state index contributed by atoms with van der Waals surface area (Å²) < 4.78 is 4.78. The van der Waals surface area contributed by atoms with E-state index in [0.29, 0.717) is 5.56 Å². The topological polar surface area (TPSA) is 75.6 Å². The van der Waals surface area contributed by atoms with Crippen LogP contribution < -0.4 is 5.32 Å². The number of carbonyl (C=O) groups is 2. The van der Waals surface area contributed by atoms with Gasteiger partial charge < -0.3 is 15.2 Å². The van der Waals surface area contributed by atoms with E-state index >= 15 is 0 Å². The van der Waals surface area contributed by atoms with Crippen molar-refractivity contribution in [2.24, 2.45) is 0 Å². The van der Waals surface area contributed by atoms with Gasteiger partial charge in [0.15, 0.2) is 0 Å². The van der Waals surface area contributed by atoms with Crippen LogP contribution in [0.25, 0.3) is 0 Å². The van der Waals surface area contributed by atoms with Crippen LogP contribution in [-0.2, 0) is 16.1 Å². The standard InChI is InChI=1S/C12H14ClNO4/c1-2-18-12(17)9-4-3-8(5-10(9)15)7-14-11(16)6-13/h3-5,15H,2,6-7H2,1H3,(H,14,16). The van der Waals surface area contributed by atoms with Crippen molar-refractivity contribution in [3.8, 4) is 5.75 Å². The van der Waals surface area contributed by atoms with E-state index in [4.69, 9.17) is 16.3 Å². The molecular formula is C12H14ClNO4. The van der Waals surface area contributed by atoms with E-state index < -0.39 is 5.97 Å². The van der Waals surface area contributed by atoms with E-state index in [1.165, 1.54) is 12.1 Å². The van der Waals surface area contributed by atoms with Crippen molar-refractivity contribution in [2.45, 2.75) is 13.5 Å². The molecule has 0 unspecified atom stereocenters.